The second kappa shape index (κ2) is 10.9. The number of carbonyl (C=O) groups is 4. The fourth-order valence-corrected chi connectivity index (χ4v) is 4.97. The second-order valence-corrected chi connectivity index (χ2v) is 9.69. The van der Waals surface area contributed by atoms with Crippen LogP contribution in [0.3, 0.4) is 0 Å². The molecule has 37 heavy (non-hydrogen) atoms. The molecule has 3 aromatic rings. The fraction of sp³-hybridized carbons (Fsp3) is 0.214. The lowest BCUT2D eigenvalue weighted by Gasteiger charge is -2.13. The molecule has 0 atom stereocenters. The molecule has 1 aliphatic heterocycles. The summed E-state index contributed by atoms with van der Waals surface area (Å²) in [5.74, 6) is -1.23. The van der Waals surface area contributed by atoms with Crippen molar-refractivity contribution in [3.63, 3.8) is 0 Å². The molecule has 1 fully saturated rings. The maximum Gasteiger partial charge on any atom is 0.339 e. The van der Waals surface area contributed by atoms with E-state index in [-0.39, 0.29) is 23.8 Å². The normalized spacial score (nSPS) is 14.4. The Bertz CT molecular complexity index is 1420. The van der Waals surface area contributed by atoms with Crippen molar-refractivity contribution in [1.29, 1.82) is 0 Å². The zero-order valence-corrected chi connectivity index (χ0v) is 21.8. The minimum Gasteiger partial charge on any atom is -0.465 e. The van der Waals surface area contributed by atoms with Crippen LogP contribution < -0.4 is 5.32 Å². The molecule has 1 saturated heterocycles. The number of benzene rings is 2. The van der Waals surface area contributed by atoms with Crippen LogP contribution in [-0.2, 0) is 14.3 Å². The van der Waals surface area contributed by atoms with Gasteiger partial charge in [0.1, 0.15) is 0 Å². The molecule has 9 heteroatoms. The smallest absolute Gasteiger partial charge is 0.339 e. The average Bonchev–Trinajstić information content (AvgIpc) is 3.31. The van der Waals surface area contributed by atoms with Crippen molar-refractivity contribution in [3.05, 3.63) is 87.6 Å². The number of imide groups is 1. The van der Waals surface area contributed by atoms with Crippen molar-refractivity contribution >= 4 is 46.4 Å². The van der Waals surface area contributed by atoms with E-state index in [0.717, 1.165) is 44.9 Å². The van der Waals surface area contributed by atoms with E-state index in [9.17, 15) is 19.2 Å². The van der Waals surface area contributed by atoms with Crippen molar-refractivity contribution in [2.75, 3.05) is 25.5 Å². The molecule has 2 amide bonds. The first-order valence-corrected chi connectivity index (χ1v) is 12.5. The van der Waals surface area contributed by atoms with Gasteiger partial charge in [0.2, 0.25) is 0 Å². The highest BCUT2D eigenvalue weighted by Crippen LogP contribution is 2.34. The highest BCUT2D eigenvalue weighted by Gasteiger charge is 2.36. The summed E-state index contributed by atoms with van der Waals surface area (Å²) in [6.45, 7) is 5.44. The van der Waals surface area contributed by atoms with Gasteiger partial charge in [-0.3, -0.25) is 19.3 Å². The van der Waals surface area contributed by atoms with E-state index in [1.807, 2.05) is 67.8 Å². The van der Waals surface area contributed by atoms with Crippen LogP contribution in [0.1, 0.15) is 32.9 Å². The Morgan fingerprint density at radius 1 is 1.03 bits per heavy atom. The summed E-state index contributed by atoms with van der Waals surface area (Å²) in [7, 11) is 1.33. The highest BCUT2D eigenvalue weighted by molar-refractivity contribution is 8.18. The van der Waals surface area contributed by atoms with Crippen LogP contribution in [-0.4, -0.2) is 52.6 Å². The number of hydrogen-bond acceptors (Lipinski definition) is 7. The maximum absolute atomic E-state index is 13.0. The van der Waals surface area contributed by atoms with Gasteiger partial charge in [0, 0.05) is 17.1 Å². The number of methoxy groups -OCH3 is 1. The molecule has 0 radical (unpaired) electrons. The van der Waals surface area contributed by atoms with Crippen LogP contribution in [0.2, 0.25) is 0 Å². The van der Waals surface area contributed by atoms with Gasteiger partial charge in [-0.1, -0.05) is 29.8 Å². The molecule has 190 valence electrons. The SMILES string of the molecule is COC(=O)c1ccccc1-n1c(C)cc(/C=C2\SC(=O)N(CC(=O)CNc3ccc(C)cc3)C2=O)c1C. The lowest BCUT2D eigenvalue weighted by Crippen LogP contribution is -2.36. The number of ether oxygens (including phenoxy) is 1. The number of amides is 2. The Balaban J connectivity index is 1.51. The van der Waals surface area contributed by atoms with Crippen LogP contribution in [0.25, 0.3) is 11.8 Å². The van der Waals surface area contributed by atoms with Gasteiger partial charge >= 0.3 is 5.97 Å². The molecule has 0 unspecified atom stereocenters. The molecule has 0 aliphatic carbocycles. The van der Waals surface area contributed by atoms with E-state index in [1.165, 1.54) is 7.11 Å². The van der Waals surface area contributed by atoms with E-state index in [1.54, 1.807) is 18.2 Å². The van der Waals surface area contributed by atoms with Crippen molar-refractivity contribution in [2.45, 2.75) is 20.8 Å². The first kappa shape index (κ1) is 26.0. The van der Waals surface area contributed by atoms with Crippen LogP contribution >= 0.6 is 11.8 Å². The number of nitrogens with one attached hydrogen (secondary N) is 1. The van der Waals surface area contributed by atoms with E-state index in [4.69, 9.17) is 4.74 Å². The molecule has 8 nitrogen and oxygen atoms in total. The molecule has 4 rings (SSSR count). The number of aromatic nitrogens is 1. The maximum atomic E-state index is 13.0. The van der Waals surface area contributed by atoms with Crippen LogP contribution in [0.4, 0.5) is 10.5 Å². The van der Waals surface area contributed by atoms with E-state index in [2.05, 4.69) is 5.32 Å². The van der Waals surface area contributed by atoms with E-state index >= 15 is 0 Å². The molecular weight excluding hydrogens is 490 g/mol. The van der Waals surface area contributed by atoms with Gasteiger partial charge in [-0.15, -0.1) is 0 Å². The second-order valence-electron chi connectivity index (χ2n) is 8.70. The van der Waals surface area contributed by atoms with E-state index in [0.29, 0.717) is 11.3 Å². The number of nitrogens with zero attached hydrogens (tertiary/aromatic N) is 2. The third-order valence-electron chi connectivity index (χ3n) is 6.06. The first-order chi connectivity index (χ1) is 17.7. The highest BCUT2D eigenvalue weighted by atomic mass is 32.2. The monoisotopic (exact) mass is 517 g/mol. The number of carbonyl (C=O) groups excluding carboxylic acids is 4. The standard InChI is InChI=1S/C28H27N3O5S/c1-17-9-11-21(12-10-17)29-15-22(32)16-30-26(33)25(37-28(30)35)14-20-13-18(2)31(19(20)3)24-8-6-5-7-23(24)27(34)36-4/h5-14,29H,15-16H2,1-4H3/b25-14-. The largest absolute Gasteiger partial charge is 0.465 e. The summed E-state index contributed by atoms with van der Waals surface area (Å²) in [5.41, 5.74) is 5.33. The van der Waals surface area contributed by atoms with Crippen LogP contribution in [0, 0.1) is 20.8 Å². The molecule has 1 aromatic heterocycles. The van der Waals surface area contributed by atoms with Gasteiger partial charge in [0.25, 0.3) is 11.1 Å². The molecule has 2 aromatic carbocycles. The summed E-state index contributed by atoms with van der Waals surface area (Å²) in [6.07, 6.45) is 1.65. The number of para-hydroxylation sites is 1. The number of aryl methyl sites for hydroxylation is 2. The van der Waals surface area contributed by atoms with E-state index < -0.39 is 17.1 Å². The van der Waals surface area contributed by atoms with Crippen molar-refractivity contribution < 1.29 is 23.9 Å². The predicted molar refractivity (Wildman–Crippen MR) is 144 cm³/mol. The molecule has 0 bridgehead atoms. The van der Waals surface area contributed by atoms with Crippen molar-refractivity contribution in [3.8, 4) is 5.69 Å². The average molecular weight is 518 g/mol. The summed E-state index contributed by atoms with van der Waals surface area (Å²) in [4.78, 5) is 51.6. The van der Waals surface area contributed by atoms with Gasteiger partial charge in [-0.25, -0.2) is 4.79 Å². The first-order valence-electron chi connectivity index (χ1n) is 11.6. The summed E-state index contributed by atoms with van der Waals surface area (Å²) in [5, 5.41) is 2.54. The molecule has 2 heterocycles. The topological polar surface area (TPSA) is 97.7 Å². The third-order valence-corrected chi connectivity index (χ3v) is 6.96. The Morgan fingerprint density at radius 3 is 2.43 bits per heavy atom. The Morgan fingerprint density at radius 2 is 1.73 bits per heavy atom. The quantitative estimate of drug-likeness (QED) is 0.335. The van der Waals surface area contributed by atoms with Crippen LogP contribution in [0.15, 0.2) is 59.5 Å². The van der Waals surface area contributed by atoms with Gasteiger partial charge in [-0.2, -0.15) is 0 Å². The summed E-state index contributed by atoms with van der Waals surface area (Å²) < 4.78 is 6.83. The number of thioether (sulfide) groups is 1. The zero-order chi connectivity index (χ0) is 26.7. The Hall–Kier alpha value is -4.11. The molecule has 0 spiro atoms. The van der Waals surface area contributed by atoms with Crippen molar-refractivity contribution in [1.82, 2.24) is 9.47 Å². The van der Waals surface area contributed by atoms with Gasteiger partial charge in [-0.05, 0) is 74.5 Å². The lowest BCUT2D eigenvalue weighted by atomic mass is 10.1. The number of rotatable bonds is 8. The Kier molecular flexibility index (Phi) is 7.63. The van der Waals surface area contributed by atoms with Crippen molar-refractivity contribution in [2.24, 2.45) is 0 Å². The molecule has 0 saturated carbocycles. The third kappa shape index (κ3) is 5.51. The summed E-state index contributed by atoms with van der Waals surface area (Å²) in [6, 6.07) is 16.6. The number of esters is 1. The molecule has 1 aliphatic rings. The van der Waals surface area contributed by atoms with Gasteiger partial charge in [0.15, 0.2) is 5.78 Å². The van der Waals surface area contributed by atoms with Gasteiger partial charge < -0.3 is 14.6 Å². The lowest BCUT2D eigenvalue weighted by molar-refractivity contribution is -0.127. The minimum atomic E-state index is -0.501. The number of ketones is 1. The Labute approximate surface area is 219 Å². The minimum absolute atomic E-state index is 0.00456. The van der Waals surface area contributed by atoms with Gasteiger partial charge in [0.05, 0.1) is 36.4 Å². The molecular formula is C28H27N3O5S. The fourth-order valence-electron chi connectivity index (χ4n) is 4.14. The summed E-state index contributed by atoms with van der Waals surface area (Å²) >= 11 is 0.809. The number of hydrogen-bond donors (Lipinski definition) is 1. The van der Waals surface area contributed by atoms with Crippen LogP contribution in [0.5, 0.6) is 0 Å². The predicted octanol–water partition coefficient (Wildman–Crippen LogP) is 4.91. The number of anilines is 1. The molecule has 1 N–H and O–H groups in total. The zero-order valence-electron chi connectivity index (χ0n) is 21.0. The number of Topliss-reactive ketones (excluding diaryl/α,β-unsaturated/α-hetero) is 1.